The second-order valence-corrected chi connectivity index (χ2v) is 17.3. The minimum atomic E-state index is -1.63. The molecule has 0 heterocycles. The SMILES string of the molecule is CCOc1cc(CCCl)cc(NC(=O)c2cccc(N=NC(C(C)=O)C(=O)Nc3ccc(NC(=O)C(N=Nc4cccc(C(=O)Nc5cc(CCCl)cc(OCC)c5)c4Cl)C(C)=O)c(CCCl)c3)c2Cl)c1. The van der Waals surface area contributed by atoms with E-state index in [0.717, 1.165) is 25.0 Å². The quantitative estimate of drug-likeness (QED) is 0.0264. The van der Waals surface area contributed by atoms with Gasteiger partial charge in [0.1, 0.15) is 22.9 Å². The number of aryl methyl sites for hydroxylation is 3. The normalized spacial score (nSPS) is 12.0. The number of amides is 4. The summed E-state index contributed by atoms with van der Waals surface area (Å²) in [6.45, 7) is 6.85. The molecule has 0 bridgehead atoms. The van der Waals surface area contributed by atoms with Crippen LogP contribution in [0.25, 0.3) is 0 Å². The minimum Gasteiger partial charge on any atom is -0.494 e. The summed E-state index contributed by atoms with van der Waals surface area (Å²) >= 11 is 31.3. The van der Waals surface area contributed by atoms with E-state index in [2.05, 4.69) is 41.7 Å². The highest BCUT2D eigenvalue weighted by molar-refractivity contribution is 6.37. The summed E-state index contributed by atoms with van der Waals surface area (Å²) < 4.78 is 11.3. The molecule has 71 heavy (non-hydrogen) atoms. The molecule has 4 amide bonds. The average molecular weight is 1070 g/mol. The van der Waals surface area contributed by atoms with E-state index in [0.29, 0.717) is 66.3 Å². The summed E-state index contributed by atoms with van der Waals surface area (Å²) in [7, 11) is 0. The summed E-state index contributed by atoms with van der Waals surface area (Å²) in [5.74, 6) is -2.15. The summed E-state index contributed by atoms with van der Waals surface area (Å²) in [4.78, 5) is 79.4. The molecule has 0 aliphatic heterocycles. The van der Waals surface area contributed by atoms with E-state index in [4.69, 9.17) is 67.5 Å². The lowest BCUT2D eigenvalue weighted by molar-refractivity contribution is -0.127. The van der Waals surface area contributed by atoms with Gasteiger partial charge in [-0.15, -0.1) is 34.8 Å². The summed E-state index contributed by atoms with van der Waals surface area (Å²) in [6.07, 6.45) is 1.30. The van der Waals surface area contributed by atoms with Gasteiger partial charge in [-0.25, -0.2) is 0 Å². The molecule has 0 saturated carbocycles. The van der Waals surface area contributed by atoms with E-state index in [-0.39, 0.29) is 56.2 Å². The highest BCUT2D eigenvalue weighted by atomic mass is 35.5. The van der Waals surface area contributed by atoms with Gasteiger partial charge < -0.3 is 30.7 Å². The van der Waals surface area contributed by atoms with Crippen molar-refractivity contribution in [2.75, 3.05) is 52.1 Å². The van der Waals surface area contributed by atoms with Crippen molar-refractivity contribution in [3.8, 4) is 11.5 Å². The van der Waals surface area contributed by atoms with Crippen LogP contribution in [0, 0.1) is 0 Å². The van der Waals surface area contributed by atoms with Crippen molar-refractivity contribution in [1.29, 1.82) is 0 Å². The van der Waals surface area contributed by atoms with Gasteiger partial charge in [-0.1, -0.05) is 35.3 Å². The van der Waals surface area contributed by atoms with Crippen LogP contribution >= 0.6 is 58.0 Å². The summed E-state index contributed by atoms with van der Waals surface area (Å²) in [5, 5.41) is 26.9. The van der Waals surface area contributed by atoms with E-state index >= 15 is 0 Å². The predicted octanol–water partition coefficient (Wildman–Crippen LogP) is 12.0. The zero-order valence-electron chi connectivity index (χ0n) is 38.9. The van der Waals surface area contributed by atoms with Crippen molar-refractivity contribution in [2.24, 2.45) is 20.5 Å². The Balaban J connectivity index is 1.28. The van der Waals surface area contributed by atoms with Gasteiger partial charge in [0, 0.05) is 52.5 Å². The van der Waals surface area contributed by atoms with Gasteiger partial charge in [-0.3, -0.25) is 28.8 Å². The van der Waals surface area contributed by atoms with Crippen molar-refractivity contribution >= 4 is 127 Å². The van der Waals surface area contributed by atoms with Gasteiger partial charge in [-0.2, -0.15) is 20.5 Å². The first-order chi connectivity index (χ1) is 34.1. The average Bonchev–Trinajstić information content (AvgIpc) is 3.31. The largest absolute Gasteiger partial charge is 0.494 e. The molecule has 0 radical (unpaired) electrons. The number of ether oxygens (including phenoxy) is 2. The first-order valence-electron chi connectivity index (χ1n) is 22.1. The van der Waals surface area contributed by atoms with Crippen molar-refractivity contribution < 1.29 is 38.2 Å². The molecular formula is C50H49Cl5N8O8. The van der Waals surface area contributed by atoms with E-state index in [1.54, 1.807) is 24.3 Å². The maximum absolute atomic E-state index is 13.6. The number of halogens is 5. The fourth-order valence-electron chi connectivity index (χ4n) is 6.80. The number of rotatable bonds is 24. The van der Waals surface area contributed by atoms with Crippen LogP contribution in [0.1, 0.15) is 65.1 Å². The number of ketones is 2. The zero-order valence-corrected chi connectivity index (χ0v) is 42.7. The third kappa shape index (κ3) is 15.8. The predicted molar refractivity (Wildman–Crippen MR) is 279 cm³/mol. The van der Waals surface area contributed by atoms with Crippen LogP contribution in [0.2, 0.25) is 10.0 Å². The molecule has 0 fully saturated rings. The summed E-state index contributed by atoms with van der Waals surface area (Å²) in [6, 6.07) is 20.7. The Morgan fingerprint density at radius 1 is 0.535 bits per heavy atom. The molecule has 0 aliphatic carbocycles. The third-order valence-electron chi connectivity index (χ3n) is 10.1. The fraction of sp³-hybridized carbons (Fsp3) is 0.280. The molecule has 0 spiro atoms. The molecule has 372 valence electrons. The van der Waals surface area contributed by atoms with Crippen molar-refractivity contribution in [2.45, 2.75) is 59.0 Å². The van der Waals surface area contributed by atoms with Crippen molar-refractivity contribution in [3.63, 3.8) is 0 Å². The number of anilines is 4. The van der Waals surface area contributed by atoms with Gasteiger partial charge in [0.2, 0.25) is 12.1 Å². The Labute approximate surface area is 435 Å². The Morgan fingerprint density at radius 2 is 0.986 bits per heavy atom. The molecule has 5 aromatic rings. The number of carbonyl (C=O) groups excluding carboxylic acids is 6. The lowest BCUT2D eigenvalue weighted by Gasteiger charge is -2.16. The van der Waals surface area contributed by atoms with E-state index in [9.17, 15) is 28.8 Å². The maximum atomic E-state index is 13.6. The Hall–Kier alpha value is -6.43. The minimum absolute atomic E-state index is 0.0211. The molecule has 5 aromatic carbocycles. The van der Waals surface area contributed by atoms with Gasteiger partial charge in [0.15, 0.2) is 11.6 Å². The number of hydrogen-bond acceptors (Lipinski definition) is 12. The van der Waals surface area contributed by atoms with Crippen LogP contribution in [0.4, 0.5) is 34.1 Å². The number of alkyl halides is 3. The molecule has 16 nitrogen and oxygen atoms in total. The van der Waals surface area contributed by atoms with Gasteiger partial charge >= 0.3 is 0 Å². The number of Topliss-reactive ketones (excluding diaryl/α,β-unsaturated/α-hetero) is 2. The fourth-order valence-corrected chi connectivity index (χ4v) is 7.94. The number of benzene rings is 5. The maximum Gasteiger partial charge on any atom is 0.258 e. The number of azo groups is 2. The van der Waals surface area contributed by atoms with Crippen LogP contribution in [-0.4, -0.2) is 78.1 Å². The third-order valence-corrected chi connectivity index (χ3v) is 11.5. The standard InChI is InChI=1S/C50H49Cl5N8O8/c1-5-70-36-23-30(15-18-51)21-34(26-36)57-47(66)38-9-7-11-41(43(38)54)60-62-45(28(3)64)49(68)56-33-13-14-40(32(25-33)17-20-53)59-50(69)46(29(4)65)63-61-42-12-8-10-39(44(42)55)48(67)58-35-22-31(16-19-52)24-37(27-35)71-6-2/h7-14,21-27,45-46H,5-6,15-20H2,1-4H3,(H,56,68)(H,57,66)(H,58,67)(H,59,69). The second kappa shape index (κ2) is 27.2. The van der Waals surface area contributed by atoms with Gasteiger partial charge in [0.25, 0.3) is 23.6 Å². The lowest BCUT2D eigenvalue weighted by Crippen LogP contribution is -2.32. The molecule has 0 aromatic heterocycles. The molecule has 2 unspecified atom stereocenters. The Kier molecular flexibility index (Phi) is 21.3. The van der Waals surface area contributed by atoms with E-state index in [1.165, 1.54) is 54.6 Å². The first-order valence-corrected chi connectivity index (χ1v) is 24.4. The van der Waals surface area contributed by atoms with Crippen LogP contribution < -0.4 is 30.7 Å². The van der Waals surface area contributed by atoms with E-state index in [1.807, 2.05) is 26.0 Å². The lowest BCUT2D eigenvalue weighted by atomic mass is 10.1. The molecule has 4 N–H and O–H groups in total. The van der Waals surface area contributed by atoms with Crippen LogP contribution in [0.3, 0.4) is 0 Å². The smallest absolute Gasteiger partial charge is 0.258 e. The molecule has 5 rings (SSSR count). The number of hydrogen-bond donors (Lipinski definition) is 4. The van der Waals surface area contributed by atoms with E-state index < -0.39 is 47.3 Å². The van der Waals surface area contributed by atoms with Crippen molar-refractivity contribution in [3.05, 3.63) is 129 Å². The summed E-state index contributed by atoms with van der Waals surface area (Å²) in [5.41, 5.74) is 3.69. The molecule has 21 heteroatoms. The Bertz CT molecular complexity index is 2800. The van der Waals surface area contributed by atoms with Gasteiger partial charge in [-0.05, 0) is 130 Å². The topological polar surface area (TPSA) is 218 Å². The first kappa shape index (κ1) is 55.5. The molecule has 0 aliphatic rings. The number of nitrogens with one attached hydrogen (secondary N) is 4. The van der Waals surface area contributed by atoms with Crippen molar-refractivity contribution in [1.82, 2.24) is 0 Å². The second-order valence-electron chi connectivity index (χ2n) is 15.4. The van der Waals surface area contributed by atoms with Crippen LogP contribution in [0.15, 0.2) is 111 Å². The van der Waals surface area contributed by atoms with Crippen LogP contribution in [0.5, 0.6) is 11.5 Å². The highest BCUT2D eigenvalue weighted by Gasteiger charge is 2.27. The number of nitrogens with zero attached hydrogens (tertiary/aromatic N) is 4. The molecule has 2 atom stereocenters. The highest BCUT2D eigenvalue weighted by Crippen LogP contribution is 2.33. The molecule has 0 saturated heterocycles. The zero-order chi connectivity index (χ0) is 51.6. The van der Waals surface area contributed by atoms with Crippen LogP contribution in [-0.2, 0) is 38.4 Å². The molecular weight excluding hydrogens is 1020 g/mol. The van der Waals surface area contributed by atoms with Gasteiger partial charge in [0.05, 0.1) is 34.4 Å². The number of carbonyl (C=O) groups is 6. The Morgan fingerprint density at radius 3 is 1.41 bits per heavy atom. The monoisotopic (exact) mass is 1060 g/mol.